The van der Waals surface area contributed by atoms with Gasteiger partial charge in [-0.3, -0.25) is 9.59 Å². The largest absolute Gasteiger partial charge is 0.478 e. The second kappa shape index (κ2) is 9.52. The number of amides is 2. The summed E-state index contributed by atoms with van der Waals surface area (Å²) in [4.78, 5) is 36.9. The number of nitrogens with zero attached hydrogens (tertiary/aromatic N) is 1. The Hall–Kier alpha value is -3.15. The first-order chi connectivity index (χ1) is 12.9. The van der Waals surface area contributed by atoms with Crippen molar-refractivity contribution in [2.75, 3.05) is 18.4 Å². The zero-order chi connectivity index (χ0) is 19.8. The molecule has 2 N–H and O–H groups in total. The maximum absolute atomic E-state index is 12.3. The van der Waals surface area contributed by atoms with E-state index in [0.717, 1.165) is 5.56 Å². The van der Waals surface area contributed by atoms with Gasteiger partial charge in [0.2, 0.25) is 5.91 Å². The van der Waals surface area contributed by atoms with Crippen molar-refractivity contribution in [3.8, 4) is 0 Å². The van der Waals surface area contributed by atoms with Crippen LogP contribution in [0.15, 0.2) is 48.5 Å². The molecule has 0 aliphatic heterocycles. The first-order valence-corrected chi connectivity index (χ1v) is 8.96. The lowest BCUT2D eigenvalue weighted by atomic mass is 10.1. The van der Waals surface area contributed by atoms with Crippen molar-refractivity contribution in [2.24, 2.45) is 0 Å². The highest BCUT2D eigenvalue weighted by Gasteiger charge is 2.12. The Balaban J connectivity index is 1.88. The van der Waals surface area contributed by atoms with E-state index in [2.05, 4.69) is 5.32 Å². The summed E-state index contributed by atoms with van der Waals surface area (Å²) in [6, 6.07) is 13.3. The monoisotopic (exact) mass is 368 g/mol. The molecule has 2 rings (SSSR count). The van der Waals surface area contributed by atoms with Gasteiger partial charge in [0.05, 0.1) is 5.56 Å². The predicted octanol–water partition coefficient (Wildman–Crippen LogP) is 3.44. The molecule has 6 heteroatoms. The highest BCUT2D eigenvalue weighted by Crippen LogP contribution is 2.13. The SMILES string of the molecule is CCN(CC)C(=O)c1ccc(NC(=O)CCc2ccc(C(=O)O)cc2)cc1. The van der Waals surface area contributed by atoms with E-state index in [9.17, 15) is 14.4 Å². The standard InChI is InChI=1S/C21H24N2O4/c1-3-23(4-2)20(25)16-10-12-18(13-11-16)22-19(24)14-7-15-5-8-17(9-6-15)21(26)27/h5-6,8-13H,3-4,7,14H2,1-2H3,(H,22,24)(H,26,27). The molecule has 0 radical (unpaired) electrons. The molecule has 142 valence electrons. The summed E-state index contributed by atoms with van der Waals surface area (Å²) in [5.41, 5.74) is 2.35. The van der Waals surface area contributed by atoms with Gasteiger partial charge in [0.15, 0.2) is 0 Å². The molecular formula is C21H24N2O4. The molecule has 2 aromatic rings. The number of hydrogen-bond donors (Lipinski definition) is 2. The lowest BCUT2D eigenvalue weighted by molar-refractivity contribution is -0.116. The van der Waals surface area contributed by atoms with Crippen LogP contribution in [0.1, 0.15) is 46.5 Å². The van der Waals surface area contributed by atoms with E-state index in [1.54, 1.807) is 41.3 Å². The molecule has 0 atom stereocenters. The Labute approximate surface area is 158 Å². The van der Waals surface area contributed by atoms with Gasteiger partial charge in [0.25, 0.3) is 5.91 Å². The van der Waals surface area contributed by atoms with Gasteiger partial charge in [0.1, 0.15) is 0 Å². The van der Waals surface area contributed by atoms with Crippen LogP contribution in [0.3, 0.4) is 0 Å². The predicted molar refractivity (Wildman–Crippen MR) is 104 cm³/mol. The fourth-order valence-corrected chi connectivity index (χ4v) is 2.68. The minimum Gasteiger partial charge on any atom is -0.478 e. The summed E-state index contributed by atoms with van der Waals surface area (Å²) in [5, 5.41) is 11.7. The number of benzene rings is 2. The number of carbonyl (C=O) groups is 3. The molecule has 2 aromatic carbocycles. The second-order valence-corrected chi connectivity index (χ2v) is 6.11. The molecule has 0 saturated carbocycles. The zero-order valence-electron chi connectivity index (χ0n) is 15.6. The van der Waals surface area contributed by atoms with Crippen LogP contribution in [0.25, 0.3) is 0 Å². The van der Waals surface area contributed by atoms with E-state index in [4.69, 9.17) is 5.11 Å². The molecule has 0 saturated heterocycles. The molecule has 0 spiro atoms. The van der Waals surface area contributed by atoms with Crippen molar-refractivity contribution in [1.29, 1.82) is 0 Å². The highest BCUT2D eigenvalue weighted by molar-refractivity contribution is 5.95. The number of carbonyl (C=O) groups excluding carboxylic acids is 2. The third kappa shape index (κ3) is 5.67. The first-order valence-electron chi connectivity index (χ1n) is 8.96. The molecule has 0 aromatic heterocycles. The summed E-state index contributed by atoms with van der Waals surface area (Å²) >= 11 is 0. The molecule has 27 heavy (non-hydrogen) atoms. The minimum atomic E-state index is -0.970. The second-order valence-electron chi connectivity index (χ2n) is 6.11. The van der Waals surface area contributed by atoms with Crippen LogP contribution >= 0.6 is 0 Å². The van der Waals surface area contributed by atoms with Gasteiger partial charge in [-0.25, -0.2) is 4.79 Å². The Kier molecular flexibility index (Phi) is 7.11. The van der Waals surface area contributed by atoms with Crippen LogP contribution < -0.4 is 5.32 Å². The number of aromatic carboxylic acids is 1. The van der Waals surface area contributed by atoms with Crippen LogP contribution in [0.5, 0.6) is 0 Å². The summed E-state index contributed by atoms with van der Waals surface area (Å²) < 4.78 is 0. The van der Waals surface area contributed by atoms with Crippen LogP contribution in [0.2, 0.25) is 0 Å². The molecule has 2 amide bonds. The molecule has 0 unspecified atom stereocenters. The van der Waals surface area contributed by atoms with Crippen LogP contribution in [0, 0.1) is 0 Å². The van der Waals surface area contributed by atoms with Gasteiger partial charge >= 0.3 is 5.97 Å². The summed E-state index contributed by atoms with van der Waals surface area (Å²) in [6.45, 7) is 5.18. The van der Waals surface area contributed by atoms with Crippen LogP contribution in [0.4, 0.5) is 5.69 Å². The van der Waals surface area contributed by atoms with Crippen molar-refractivity contribution in [3.63, 3.8) is 0 Å². The van der Waals surface area contributed by atoms with Gasteiger partial charge in [-0.15, -0.1) is 0 Å². The van der Waals surface area contributed by atoms with Crippen LogP contribution in [-0.4, -0.2) is 40.9 Å². The lowest BCUT2D eigenvalue weighted by Crippen LogP contribution is -2.30. The van der Waals surface area contributed by atoms with Crippen molar-refractivity contribution >= 4 is 23.5 Å². The van der Waals surface area contributed by atoms with Gasteiger partial charge in [0, 0.05) is 30.8 Å². The Morgan fingerprint density at radius 1 is 0.889 bits per heavy atom. The maximum Gasteiger partial charge on any atom is 0.335 e. The van der Waals surface area contributed by atoms with Crippen molar-refractivity contribution in [3.05, 3.63) is 65.2 Å². The quantitative estimate of drug-likeness (QED) is 0.747. The van der Waals surface area contributed by atoms with Gasteiger partial charge in [-0.05, 0) is 62.2 Å². The van der Waals surface area contributed by atoms with Gasteiger partial charge in [-0.1, -0.05) is 12.1 Å². The normalized spacial score (nSPS) is 10.3. The smallest absolute Gasteiger partial charge is 0.335 e. The third-order valence-electron chi connectivity index (χ3n) is 4.31. The van der Waals surface area contributed by atoms with Crippen LogP contribution in [-0.2, 0) is 11.2 Å². The lowest BCUT2D eigenvalue weighted by Gasteiger charge is -2.18. The van der Waals surface area contributed by atoms with E-state index >= 15 is 0 Å². The summed E-state index contributed by atoms with van der Waals surface area (Å²) in [5.74, 6) is -1.13. The van der Waals surface area contributed by atoms with Crippen molar-refractivity contribution < 1.29 is 19.5 Å². The van der Waals surface area contributed by atoms with Gasteiger partial charge in [-0.2, -0.15) is 0 Å². The van der Waals surface area contributed by atoms with E-state index in [-0.39, 0.29) is 23.8 Å². The number of carboxylic acids is 1. The van der Waals surface area contributed by atoms with E-state index in [1.165, 1.54) is 12.1 Å². The fourth-order valence-electron chi connectivity index (χ4n) is 2.68. The van der Waals surface area contributed by atoms with E-state index in [1.807, 2.05) is 13.8 Å². The third-order valence-corrected chi connectivity index (χ3v) is 4.31. The number of carboxylic acid groups (broad SMARTS) is 1. The number of nitrogens with one attached hydrogen (secondary N) is 1. The van der Waals surface area contributed by atoms with Gasteiger partial charge < -0.3 is 15.3 Å². The Bertz CT molecular complexity index is 794. The molecule has 0 aliphatic carbocycles. The number of hydrogen-bond acceptors (Lipinski definition) is 3. The number of anilines is 1. The minimum absolute atomic E-state index is 0.0253. The summed E-state index contributed by atoms with van der Waals surface area (Å²) in [7, 11) is 0. The first kappa shape index (κ1) is 20.2. The average Bonchev–Trinajstić information content (AvgIpc) is 2.68. The molecule has 0 bridgehead atoms. The molecule has 0 aliphatic rings. The Morgan fingerprint density at radius 3 is 1.96 bits per heavy atom. The average molecular weight is 368 g/mol. The van der Waals surface area contributed by atoms with Crippen molar-refractivity contribution in [1.82, 2.24) is 4.90 Å². The topological polar surface area (TPSA) is 86.7 Å². The highest BCUT2D eigenvalue weighted by atomic mass is 16.4. The molecule has 0 heterocycles. The summed E-state index contributed by atoms with van der Waals surface area (Å²) in [6.07, 6.45) is 0.802. The fraction of sp³-hybridized carbons (Fsp3) is 0.286. The number of aryl methyl sites for hydroxylation is 1. The number of rotatable bonds is 8. The Morgan fingerprint density at radius 2 is 1.44 bits per heavy atom. The maximum atomic E-state index is 12.3. The van der Waals surface area contributed by atoms with Crippen molar-refractivity contribution in [2.45, 2.75) is 26.7 Å². The molecule has 6 nitrogen and oxygen atoms in total. The van der Waals surface area contributed by atoms with E-state index < -0.39 is 5.97 Å². The zero-order valence-corrected chi connectivity index (χ0v) is 15.6. The molecular weight excluding hydrogens is 344 g/mol. The molecule has 0 fully saturated rings. The van der Waals surface area contributed by atoms with E-state index in [0.29, 0.717) is 30.8 Å².